The van der Waals surface area contributed by atoms with Crippen LogP contribution in [0.1, 0.15) is 38.5 Å². The SMILES string of the molecule is Nc1nc(NC2CC2)c2ncn(CCOCP(=O)(N3CCCC3C(=O)[O-])N3CCCC3C(=O)[O-])c2n1.[Rb+].[Rb+]. The van der Waals surface area contributed by atoms with Crippen LogP contribution in [0.2, 0.25) is 0 Å². The van der Waals surface area contributed by atoms with E-state index in [0.29, 0.717) is 42.4 Å². The van der Waals surface area contributed by atoms with E-state index in [1.807, 2.05) is 0 Å². The zero-order valence-corrected chi connectivity index (χ0v) is 32.5. The molecule has 2 aromatic heterocycles. The van der Waals surface area contributed by atoms with E-state index in [0.717, 1.165) is 12.8 Å². The molecule has 38 heavy (non-hydrogen) atoms. The number of rotatable bonds is 11. The molecule has 14 nitrogen and oxygen atoms in total. The van der Waals surface area contributed by atoms with Gasteiger partial charge in [-0.15, -0.1) is 0 Å². The van der Waals surface area contributed by atoms with Gasteiger partial charge in [0.05, 0.1) is 37.0 Å². The quantitative estimate of drug-likeness (QED) is 0.167. The Morgan fingerprint density at radius 3 is 2.21 bits per heavy atom. The number of fused-ring (bicyclic) bond motifs is 1. The fraction of sp³-hybridized carbons (Fsp3) is 0.667. The number of carboxylic acid groups (broad SMARTS) is 2. The first-order valence-corrected chi connectivity index (χ1v) is 14.0. The van der Waals surface area contributed by atoms with Crippen molar-refractivity contribution in [2.24, 2.45) is 0 Å². The third-order valence-electron chi connectivity index (χ3n) is 6.93. The van der Waals surface area contributed by atoms with E-state index in [-0.39, 0.29) is 161 Å². The normalized spacial score (nSPS) is 23.5. The number of imidazole rings is 1. The number of hydrogen-bond acceptors (Lipinski definition) is 11. The summed E-state index contributed by atoms with van der Waals surface area (Å²) in [6.45, 7) is 0.936. The molecule has 3 fully saturated rings. The van der Waals surface area contributed by atoms with Crippen molar-refractivity contribution in [3.8, 4) is 0 Å². The second-order valence-electron chi connectivity index (χ2n) is 9.44. The number of carbonyl (C=O) groups is 2. The molecule has 0 radical (unpaired) electrons. The van der Waals surface area contributed by atoms with Gasteiger partial charge < -0.3 is 40.2 Å². The number of anilines is 2. The number of carbonyl (C=O) groups excluding carboxylic acids is 2. The van der Waals surface area contributed by atoms with Crippen molar-refractivity contribution >= 4 is 42.3 Å². The third-order valence-corrected chi connectivity index (χ3v) is 10.0. The molecule has 0 spiro atoms. The summed E-state index contributed by atoms with van der Waals surface area (Å²) in [6.07, 6.45) is 5.01. The fourth-order valence-electron chi connectivity index (χ4n) is 5.02. The molecule has 0 bridgehead atoms. The van der Waals surface area contributed by atoms with Crippen molar-refractivity contribution in [3.05, 3.63) is 6.33 Å². The molecule has 5 rings (SSSR count). The third kappa shape index (κ3) is 7.23. The molecule has 2 unspecified atom stereocenters. The molecule has 2 aliphatic heterocycles. The van der Waals surface area contributed by atoms with Crippen molar-refractivity contribution in [1.82, 2.24) is 28.9 Å². The van der Waals surface area contributed by atoms with Gasteiger partial charge in [-0.25, -0.2) is 14.3 Å². The minimum Gasteiger partial charge on any atom is -0.548 e. The summed E-state index contributed by atoms with van der Waals surface area (Å²) in [4.78, 5) is 36.4. The number of nitrogens with zero attached hydrogens (tertiary/aromatic N) is 6. The maximum Gasteiger partial charge on any atom is 1.00 e. The van der Waals surface area contributed by atoms with Gasteiger partial charge >= 0.3 is 116 Å². The van der Waals surface area contributed by atoms with Gasteiger partial charge in [-0.05, 0) is 38.5 Å². The molecular formula is C21H29N8O6PRb2. The molecule has 17 heteroatoms. The van der Waals surface area contributed by atoms with Crippen molar-refractivity contribution in [1.29, 1.82) is 0 Å². The summed E-state index contributed by atoms with van der Waals surface area (Å²) >= 11 is 0. The van der Waals surface area contributed by atoms with E-state index in [2.05, 4.69) is 20.3 Å². The number of nitrogen functional groups attached to an aromatic ring is 1. The molecule has 2 atom stereocenters. The average molecular weight is 691 g/mol. The molecule has 0 amide bonds. The van der Waals surface area contributed by atoms with E-state index in [1.54, 1.807) is 10.9 Å². The smallest absolute Gasteiger partial charge is 0.548 e. The maximum atomic E-state index is 14.3. The number of nitrogens with two attached hydrogens (primary N) is 1. The molecule has 2 saturated heterocycles. The second kappa shape index (κ2) is 14.3. The minimum atomic E-state index is -3.69. The number of hydrogen-bond donors (Lipinski definition) is 2. The summed E-state index contributed by atoms with van der Waals surface area (Å²) in [5, 5.41) is 26.7. The second-order valence-corrected chi connectivity index (χ2v) is 12.1. The number of aliphatic carboxylic acids is 2. The Balaban J connectivity index is 0.00000200. The maximum absolute atomic E-state index is 14.3. The molecule has 1 aliphatic carbocycles. The molecule has 0 aromatic carbocycles. The number of aromatic nitrogens is 4. The topological polar surface area (TPSA) is 195 Å². The number of nitrogens with one attached hydrogen (secondary N) is 1. The Morgan fingerprint density at radius 1 is 1.05 bits per heavy atom. The Bertz CT molecular complexity index is 1180. The summed E-state index contributed by atoms with van der Waals surface area (Å²) in [5.41, 5.74) is 7.01. The fourth-order valence-corrected chi connectivity index (χ4v) is 8.18. The van der Waals surface area contributed by atoms with Gasteiger partial charge in [-0.1, -0.05) is 0 Å². The van der Waals surface area contributed by atoms with Crippen molar-refractivity contribution < 1.29 is 145 Å². The zero-order chi connectivity index (χ0) is 25.4. The molecular weight excluding hydrogens is 662 g/mol. The van der Waals surface area contributed by atoms with Crippen LogP contribution < -0.4 is 138 Å². The van der Waals surface area contributed by atoms with Gasteiger partial charge in [0.15, 0.2) is 17.0 Å². The van der Waals surface area contributed by atoms with E-state index >= 15 is 0 Å². The van der Waals surface area contributed by atoms with E-state index in [1.165, 1.54) is 9.34 Å². The van der Waals surface area contributed by atoms with Crippen LogP contribution in [0.3, 0.4) is 0 Å². The van der Waals surface area contributed by atoms with Gasteiger partial charge in [0.1, 0.15) is 6.35 Å². The summed E-state index contributed by atoms with van der Waals surface area (Å²) in [7, 11) is -3.69. The van der Waals surface area contributed by atoms with Crippen molar-refractivity contribution in [3.63, 3.8) is 0 Å². The first-order valence-electron chi connectivity index (χ1n) is 12.2. The number of ether oxygens (including phenoxy) is 1. The van der Waals surface area contributed by atoms with Crippen molar-refractivity contribution in [2.45, 2.75) is 63.2 Å². The van der Waals surface area contributed by atoms with E-state index in [9.17, 15) is 24.4 Å². The summed E-state index contributed by atoms with van der Waals surface area (Å²) in [6, 6.07) is -1.76. The molecule has 4 heterocycles. The largest absolute Gasteiger partial charge is 1.00 e. The Morgan fingerprint density at radius 2 is 1.66 bits per heavy atom. The zero-order valence-electron chi connectivity index (χ0n) is 21.7. The van der Waals surface area contributed by atoms with Gasteiger partial charge in [-0.3, -0.25) is 4.57 Å². The van der Waals surface area contributed by atoms with Gasteiger partial charge in [0.25, 0.3) is 0 Å². The van der Waals surface area contributed by atoms with Crippen LogP contribution in [-0.2, 0) is 25.4 Å². The summed E-state index contributed by atoms with van der Waals surface area (Å²) in [5.74, 6) is -1.96. The van der Waals surface area contributed by atoms with Gasteiger partial charge in [0.2, 0.25) is 13.4 Å². The van der Waals surface area contributed by atoms with Crippen LogP contribution in [0.5, 0.6) is 0 Å². The predicted octanol–water partition coefficient (Wildman–Crippen LogP) is -7.41. The van der Waals surface area contributed by atoms with Crippen LogP contribution in [0.15, 0.2) is 6.33 Å². The van der Waals surface area contributed by atoms with Crippen LogP contribution in [-0.4, -0.2) is 85.0 Å². The molecule has 3 aliphatic rings. The van der Waals surface area contributed by atoms with Crippen molar-refractivity contribution in [2.75, 3.05) is 37.1 Å². The summed E-state index contributed by atoms with van der Waals surface area (Å²) < 4.78 is 24.6. The average Bonchev–Trinajstić information content (AvgIpc) is 3.25. The Labute approximate surface area is 317 Å². The first kappa shape index (κ1) is 33.3. The van der Waals surface area contributed by atoms with Crippen LogP contribution >= 0.6 is 7.44 Å². The Hall–Kier alpha value is 0.810. The van der Waals surface area contributed by atoms with Gasteiger partial charge in [-0.2, -0.15) is 9.97 Å². The minimum absolute atomic E-state index is 0. The van der Waals surface area contributed by atoms with Crippen LogP contribution in [0.4, 0.5) is 11.8 Å². The standard InChI is InChI=1S/C21H31N8O6P.2Rb/c22-21-25-17(24-13-5-6-13)16-18(26-21)27(11-23-16)9-10-35-12-36(34,28-7-1-3-14(28)19(30)31)29-8-2-4-15(29)20(32)33;;/h11,13-15H,1-10,12H2,(H,30,31)(H,32,33)(H3,22,24,25,26);;/q;2*+1/p-2. The van der Waals surface area contributed by atoms with Gasteiger partial charge in [0, 0.05) is 25.7 Å². The van der Waals surface area contributed by atoms with Crippen LogP contribution in [0.25, 0.3) is 11.2 Å². The monoisotopic (exact) mass is 690 g/mol. The predicted molar refractivity (Wildman–Crippen MR) is 124 cm³/mol. The first-order chi connectivity index (χ1) is 17.3. The molecule has 2 aromatic rings. The Kier molecular flexibility index (Phi) is 12.6. The van der Waals surface area contributed by atoms with Crippen LogP contribution in [0, 0.1) is 0 Å². The van der Waals surface area contributed by atoms with E-state index < -0.39 is 31.5 Å². The molecule has 3 N–H and O–H groups in total. The van der Waals surface area contributed by atoms with E-state index in [4.69, 9.17) is 10.5 Å². The number of carboxylic acids is 2. The molecule has 196 valence electrons. The molecule has 1 saturated carbocycles.